The molecule has 3 aromatic carbocycles. The Morgan fingerprint density at radius 1 is 0.759 bits per heavy atom. The van der Waals surface area contributed by atoms with Crippen LogP contribution in [0.1, 0.15) is 12.0 Å². The van der Waals surface area contributed by atoms with Crippen LogP contribution in [0.4, 0.5) is 0 Å². The lowest BCUT2D eigenvalue weighted by atomic mass is 10.00. The van der Waals surface area contributed by atoms with E-state index in [4.69, 9.17) is 0 Å². The average Bonchev–Trinajstić information content (AvgIpc) is 3.21. The molecule has 2 aliphatic rings. The highest BCUT2D eigenvalue weighted by molar-refractivity contribution is 7.04. The van der Waals surface area contributed by atoms with Crippen molar-refractivity contribution in [3.05, 3.63) is 96.6 Å². The number of rotatable bonds is 4. The normalized spacial score (nSPS) is 23.7. The van der Waals surface area contributed by atoms with Crippen molar-refractivity contribution >= 4 is 24.2 Å². The van der Waals surface area contributed by atoms with E-state index in [2.05, 4.69) is 95.9 Å². The molecule has 3 heteroatoms. The topological polar surface area (TPSA) is 20.3 Å². The number of hydrogen-bond acceptors (Lipinski definition) is 2. The molecule has 2 unspecified atom stereocenters. The predicted molar refractivity (Wildman–Crippen MR) is 121 cm³/mol. The maximum atomic E-state index is 13.0. The van der Waals surface area contributed by atoms with E-state index in [1.807, 2.05) is 0 Å². The largest absolute Gasteiger partial charge is 0.299 e. The van der Waals surface area contributed by atoms with Crippen molar-refractivity contribution in [3.63, 3.8) is 0 Å². The number of fused-ring (bicyclic) bond motifs is 1. The van der Waals surface area contributed by atoms with Crippen LogP contribution in [0, 0.1) is 5.92 Å². The number of carbonyl (C=O) groups is 1. The fraction of sp³-hybridized carbons (Fsp3) is 0.269. The molecular weight excluding hydrogens is 370 g/mol. The van der Waals surface area contributed by atoms with Crippen LogP contribution in [0.5, 0.6) is 0 Å². The Kier molecular flexibility index (Phi) is 4.94. The van der Waals surface area contributed by atoms with Crippen LogP contribution in [0.15, 0.2) is 91.0 Å². The SMILES string of the molecule is O=C1CC[Si](c2ccccc2)(c2ccccc2)C2CN(Cc3ccccc3)CC12. The highest BCUT2D eigenvalue weighted by atomic mass is 28.3. The molecule has 2 fully saturated rings. The average molecular weight is 398 g/mol. The molecule has 146 valence electrons. The molecule has 2 saturated heterocycles. The summed E-state index contributed by atoms with van der Waals surface area (Å²) in [5.41, 5.74) is 1.79. The lowest BCUT2D eigenvalue weighted by molar-refractivity contribution is -0.122. The molecule has 0 amide bonds. The molecule has 0 spiro atoms. The lowest BCUT2D eigenvalue weighted by Gasteiger charge is -2.44. The summed E-state index contributed by atoms with van der Waals surface area (Å²) >= 11 is 0. The molecule has 2 atom stereocenters. The van der Waals surface area contributed by atoms with Gasteiger partial charge in [-0.2, -0.15) is 0 Å². The monoisotopic (exact) mass is 397 g/mol. The van der Waals surface area contributed by atoms with E-state index in [0.29, 0.717) is 11.3 Å². The number of benzene rings is 3. The van der Waals surface area contributed by atoms with Crippen molar-refractivity contribution in [3.8, 4) is 0 Å². The van der Waals surface area contributed by atoms with E-state index in [-0.39, 0.29) is 5.92 Å². The van der Waals surface area contributed by atoms with Crippen LogP contribution < -0.4 is 10.4 Å². The van der Waals surface area contributed by atoms with Crippen molar-refractivity contribution in [2.45, 2.75) is 24.6 Å². The molecule has 0 bridgehead atoms. The lowest BCUT2D eigenvalue weighted by Crippen LogP contribution is -2.65. The van der Waals surface area contributed by atoms with Crippen molar-refractivity contribution in [1.29, 1.82) is 0 Å². The molecule has 0 radical (unpaired) electrons. The zero-order valence-corrected chi connectivity index (χ0v) is 17.7. The minimum absolute atomic E-state index is 0.180. The molecule has 2 heterocycles. The summed E-state index contributed by atoms with van der Waals surface area (Å²) in [6.07, 6.45) is 0.732. The van der Waals surface area contributed by atoms with Crippen LogP contribution in [-0.2, 0) is 11.3 Å². The fourth-order valence-electron chi connectivity index (χ4n) is 5.73. The quantitative estimate of drug-likeness (QED) is 0.626. The standard InChI is InChI=1S/C26H27NOSi/c28-25-16-17-29(22-12-6-2-7-13-22,23-14-8-3-9-15-23)26-20-27(19-24(25)26)18-21-10-4-1-5-11-21/h1-15,24,26H,16-20H2. The smallest absolute Gasteiger partial charge is 0.137 e. The summed E-state index contributed by atoms with van der Waals surface area (Å²) in [5.74, 6) is 0.667. The van der Waals surface area contributed by atoms with E-state index < -0.39 is 8.07 Å². The number of ketones is 1. The van der Waals surface area contributed by atoms with Gasteiger partial charge in [-0.3, -0.25) is 9.69 Å². The first-order chi connectivity index (χ1) is 14.3. The molecule has 2 nitrogen and oxygen atoms in total. The summed E-state index contributed by atoms with van der Waals surface area (Å²) in [5, 5.41) is 2.99. The van der Waals surface area contributed by atoms with Crippen LogP contribution in [0.3, 0.4) is 0 Å². The van der Waals surface area contributed by atoms with Gasteiger partial charge in [0.15, 0.2) is 0 Å². The van der Waals surface area contributed by atoms with Gasteiger partial charge in [0, 0.05) is 32.0 Å². The molecule has 29 heavy (non-hydrogen) atoms. The Balaban J connectivity index is 1.56. The second kappa shape index (κ2) is 7.73. The molecule has 0 saturated carbocycles. The van der Waals surface area contributed by atoms with E-state index >= 15 is 0 Å². The summed E-state index contributed by atoms with van der Waals surface area (Å²) in [6.45, 7) is 2.88. The van der Waals surface area contributed by atoms with Gasteiger partial charge in [0.1, 0.15) is 13.9 Å². The molecule has 0 aromatic heterocycles. The third kappa shape index (κ3) is 3.28. The van der Waals surface area contributed by atoms with Gasteiger partial charge < -0.3 is 0 Å². The Morgan fingerprint density at radius 3 is 1.90 bits per heavy atom. The van der Waals surface area contributed by atoms with E-state index in [1.54, 1.807) is 0 Å². The zero-order chi connectivity index (χ0) is 19.7. The van der Waals surface area contributed by atoms with Gasteiger partial charge in [0.25, 0.3) is 0 Å². The number of Topliss-reactive ketones (excluding diaryl/α,β-unsaturated/α-hetero) is 1. The van der Waals surface area contributed by atoms with Gasteiger partial charge in [-0.05, 0) is 17.1 Å². The first-order valence-corrected chi connectivity index (χ1v) is 13.0. The first-order valence-electron chi connectivity index (χ1n) is 10.7. The maximum absolute atomic E-state index is 13.0. The van der Waals surface area contributed by atoms with Crippen LogP contribution in [-0.4, -0.2) is 31.8 Å². The fourth-order valence-corrected chi connectivity index (χ4v) is 11.6. The number of hydrogen-bond donors (Lipinski definition) is 0. The second-order valence-electron chi connectivity index (χ2n) is 8.56. The van der Waals surface area contributed by atoms with Crippen molar-refractivity contribution in [2.75, 3.05) is 13.1 Å². The third-order valence-electron chi connectivity index (χ3n) is 7.03. The van der Waals surface area contributed by atoms with Gasteiger partial charge in [0.05, 0.1) is 0 Å². The maximum Gasteiger partial charge on any atom is 0.137 e. The Hall–Kier alpha value is -2.49. The first kappa shape index (κ1) is 18.5. The Labute approximate surface area is 174 Å². The zero-order valence-electron chi connectivity index (χ0n) is 16.7. The highest BCUT2D eigenvalue weighted by Crippen LogP contribution is 2.44. The minimum atomic E-state index is -2.03. The number of carbonyl (C=O) groups excluding carboxylic acids is 1. The van der Waals surface area contributed by atoms with E-state index in [0.717, 1.165) is 32.1 Å². The van der Waals surface area contributed by atoms with Crippen molar-refractivity contribution < 1.29 is 4.79 Å². The minimum Gasteiger partial charge on any atom is -0.299 e. The molecule has 0 aliphatic carbocycles. The third-order valence-corrected chi connectivity index (χ3v) is 12.7. The van der Waals surface area contributed by atoms with Crippen LogP contribution in [0.2, 0.25) is 11.6 Å². The summed E-state index contributed by atoms with van der Waals surface area (Å²) in [6, 6.07) is 33.9. The van der Waals surface area contributed by atoms with E-state index in [9.17, 15) is 4.79 Å². The summed E-state index contributed by atoms with van der Waals surface area (Å²) in [4.78, 5) is 15.5. The van der Waals surface area contributed by atoms with Gasteiger partial charge >= 0.3 is 0 Å². The highest BCUT2D eigenvalue weighted by Gasteiger charge is 2.55. The molecule has 3 aromatic rings. The van der Waals surface area contributed by atoms with Crippen LogP contribution >= 0.6 is 0 Å². The van der Waals surface area contributed by atoms with Crippen LogP contribution in [0.25, 0.3) is 0 Å². The van der Waals surface area contributed by atoms with Crippen molar-refractivity contribution in [1.82, 2.24) is 4.90 Å². The molecule has 5 rings (SSSR count). The second-order valence-corrected chi connectivity index (χ2v) is 12.9. The molecular formula is C26H27NOSi. The van der Waals surface area contributed by atoms with Crippen molar-refractivity contribution in [2.24, 2.45) is 5.92 Å². The van der Waals surface area contributed by atoms with Gasteiger partial charge in [-0.1, -0.05) is 101 Å². The number of likely N-dealkylation sites (tertiary alicyclic amines) is 1. The summed E-state index contributed by atoms with van der Waals surface area (Å²) in [7, 11) is -2.03. The number of nitrogens with zero attached hydrogens (tertiary/aromatic N) is 1. The van der Waals surface area contributed by atoms with Gasteiger partial charge in [-0.15, -0.1) is 0 Å². The molecule has 2 aliphatic heterocycles. The van der Waals surface area contributed by atoms with Gasteiger partial charge in [0.2, 0.25) is 0 Å². The molecule has 0 N–H and O–H groups in total. The van der Waals surface area contributed by atoms with E-state index in [1.165, 1.54) is 15.9 Å². The van der Waals surface area contributed by atoms with Gasteiger partial charge in [-0.25, -0.2) is 0 Å². The summed E-state index contributed by atoms with van der Waals surface area (Å²) < 4.78 is 0. The Bertz CT molecular complexity index is 934. The predicted octanol–water partition coefficient (Wildman–Crippen LogP) is 3.72. The Morgan fingerprint density at radius 2 is 1.31 bits per heavy atom.